The van der Waals surface area contributed by atoms with Crippen molar-refractivity contribution in [3.8, 4) is 5.82 Å². The molecule has 1 amide bonds. The minimum Gasteiger partial charge on any atom is -0.365 e. The molecule has 0 unspecified atom stereocenters. The van der Waals surface area contributed by atoms with Crippen molar-refractivity contribution in [1.29, 1.82) is 0 Å². The van der Waals surface area contributed by atoms with E-state index in [-0.39, 0.29) is 29.3 Å². The number of nitrogens with two attached hydrogens (primary N) is 2. The van der Waals surface area contributed by atoms with E-state index in [1.54, 1.807) is 21.8 Å². The van der Waals surface area contributed by atoms with Crippen LogP contribution in [0.4, 0.5) is 21.7 Å². The lowest BCUT2D eigenvalue weighted by Gasteiger charge is -2.22. The predicted molar refractivity (Wildman–Crippen MR) is 125 cm³/mol. The third-order valence-electron chi connectivity index (χ3n) is 5.45. The second-order valence-corrected chi connectivity index (χ2v) is 7.85. The Morgan fingerprint density at radius 1 is 1.27 bits per heavy atom. The van der Waals surface area contributed by atoms with Crippen molar-refractivity contribution in [3.63, 3.8) is 0 Å². The Kier molecular flexibility index (Phi) is 5.97. The van der Waals surface area contributed by atoms with Gasteiger partial charge in [-0.05, 0) is 43.7 Å². The molecule has 11 heteroatoms. The number of halogens is 1. The largest absolute Gasteiger partial charge is 0.365 e. The minimum atomic E-state index is -0.797. The van der Waals surface area contributed by atoms with E-state index in [9.17, 15) is 9.18 Å². The van der Waals surface area contributed by atoms with Crippen LogP contribution in [0.15, 0.2) is 42.7 Å². The van der Waals surface area contributed by atoms with E-state index in [1.807, 2.05) is 45.2 Å². The molecule has 2 atom stereocenters. The number of aromatic nitrogens is 5. The summed E-state index contributed by atoms with van der Waals surface area (Å²) in [6.07, 6.45) is 4.15. The number of carbonyl (C=O) groups is 1. The Balaban J connectivity index is 1.75. The summed E-state index contributed by atoms with van der Waals surface area (Å²) in [5.74, 6) is -0.707. The number of carbonyl (C=O) groups excluding carboxylic acids is 1. The smallest absolute Gasteiger partial charge is 0.252 e. The number of aryl methyl sites for hydroxylation is 1. The van der Waals surface area contributed by atoms with Crippen LogP contribution < -0.4 is 22.1 Å². The van der Waals surface area contributed by atoms with Crippen LogP contribution in [0.2, 0.25) is 0 Å². The molecule has 33 heavy (non-hydrogen) atoms. The minimum absolute atomic E-state index is 0.00802. The van der Waals surface area contributed by atoms with Crippen LogP contribution in [0.3, 0.4) is 0 Å². The molecule has 0 fully saturated rings. The highest BCUT2D eigenvalue weighted by atomic mass is 19.1. The zero-order valence-corrected chi connectivity index (χ0v) is 18.6. The van der Waals surface area contributed by atoms with Gasteiger partial charge in [0, 0.05) is 42.6 Å². The summed E-state index contributed by atoms with van der Waals surface area (Å²) in [5, 5.41) is 15.7. The number of pyridine rings is 1. The Morgan fingerprint density at radius 3 is 2.70 bits per heavy atom. The van der Waals surface area contributed by atoms with E-state index in [0.717, 1.165) is 17.0 Å². The number of fused-ring (bicyclic) bond motifs is 1. The normalized spacial score (nSPS) is 13.1. The van der Waals surface area contributed by atoms with Crippen molar-refractivity contribution in [2.24, 2.45) is 18.5 Å². The van der Waals surface area contributed by atoms with Gasteiger partial charge < -0.3 is 22.1 Å². The number of nitrogens with one attached hydrogen (secondary N) is 2. The van der Waals surface area contributed by atoms with Gasteiger partial charge in [-0.2, -0.15) is 10.2 Å². The monoisotopic (exact) mass is 451 g/mol. The number of hydrogen-bond donors (Lipinski definition) is 4. The highest BCUT2D eigenvalue weighted by Gasteiger charge is 2.20. The molecule has 3 aromatic heterocycles. The van der Waals surface area contributed by atoms with Crippen molar-refractivity contribution in [1.82, 2.24) is 24.5 Å². The summed E-state index contributed by atoms with van der Waals surface area (Å²) in [5.41, 5.74) is 12.9. The summed E-state index contributed by atoms with van der Waals surface area (Å²) in [6.45, 7) is 3.77. The molecule has 4 aromatic rings. The summed E-state index contributed by atoms with van der Waals surface area (Å²) in [6, 6.07) is 8.03. The standard InChI is InChI=1S/C22H26FN9O/c1-4-17(12(2)24)28-21-16(23)11-15(19(25)33)20(29-21)27-13-6-7-18-14(10-13)22(30-31(18)3)32-9-5-8-26-32/h5-12,17H,4,24H2,1-3H3,(H2,25,33)(H2,27,28,29)/t12-,17+/m0/s1. The fourth-order valence-electron chi connectivity index (χ4n) is 3.68. The molecular weight excluding hydrogens is 425 g/mol. The molecule has 0 aliphatic heterocycles. The van der Waals surface area contributed by atoms with Crippen LogP contribution in [0.1, 0.15) is 30.6 Å². The lowest BCUT2D eigenvalue weighted by atomic mass is 10.1. The average Bonchev–Trinajstić information content (AvgIpc) is 3.41. The summed E-state index contributed by atoms with van der Waals surface area (Å²) in [7, 11) is 1.84. The highest BCUT2D eigenvalue weighted by Crippen LogP contribution is 2.28. The number of amides is 1. The maximum absolute atomic E-state index is 14.7. The number of primary amides is 1. The Morgan fingerprint density at radius 2 is 2.06 bits per heavy atom. The van der Waals surface area contributed by atoms with Crippen LogP contribution in [0.5, 0.6) is 0 Å². The second kappa shape index (κ2) is 8.87. The third-order valence-corrected chi connectivity index (χ3v) is 5.45. The maximum Gasteiger partial charge on any atom is 0.252 e. The van der Waals surface area contributed by atoms with E-state index in [2.05, 4.69) is 25.8 Å². The Bertz CT molecular complexity index is 1300. The van der Waals surface area contributed by atoms with Gasteiger partial charge in [0.25, 0.3) is 5.91 Å². The van der Waals surface area contributed by atoms with Crippen molar-refractivity contribution in [2.45, 2.75) is 32.4 Å². The first-order chi connectivity index (χ1) is 15.8. The van der Waals surface area contributed by atoms with Gasteiger partial charge in [-0.1, -0.05) is 6.92 Å². The van der Waals surface area contributed by atoms with E-state index >= 15 is 0 Å². The zero-order valence-electron chi connectivity index (χ0n) is 18.6. The SMILES string of the molecule is CC[C@@H](Nc1nc(Nc2ccc3c(c2)c(-n2cccn2)nn3C)c(C(N)=O)cc1F)[C@H](C)N. The summed E-state index contributed by atoms with van der Waals surface area (Å²) in [4.78, 5) is 16.3. The van der Waals surface area contributed by atoms with Gasteiger partial charge in [-0.25, -0.2) is 14.1 Å². The maximum atomic E-state index is 14.7. The van der Waals surface area contributed by atoms with Crippen molar-refractivity contribution in [3.05, 3.63) is 54.1 Å². The van der Waals surface area contributed by atoms with Gasteiger partial charge in [0.05, 0.1) is 11.1 Å². The first-order valence-electron chi connectivity index (χ1n) is 10.5. The Labute approximate surface area is 189 Å². The number of hydrogen-bond acceptors (Lipinski definition) is 7. The molecule has 10 nitrogen and oxygen atoms in total. The van der Waals surface area contributed by atoms with Gasteiger partial charge in [0.2, 0.25) is 0 Å². The lowest BCUT2D eigenvalue weighted by molar-refractivity contribution is 0.100. The molecule has 172 valence electrons. The predicted octanol–water partition coefficient (Wildman–Crippen LogP) is 2.67. The van der Waals surface area contributed by atoms with Crippen LogP contribution in [0.25, 0.3) is 16.7 Å². The molecule has 0 spiro atoms. The molecule has 0 saturated carbocycles. The van der Waals surface area contributed by atoms with Gasteiger partial charge in [-0.3, -0.25) is 9.48 Å². The molecule has 0 aliphatic carbocycles. The molecule has 3 heterocycles. The number of benzene rings is 1. The molecule has 0 saturated heterocycles. The van der Waals surface area contributed by atoms with E-state index < -0.39 is 11.7 Å². The van der Waals surface area contributed by atoms with E-state index in [1.165, 1.54) is 0 Å². The van der Waals surface area contributed by atoms with Gasteiger partial charge >= 0.3 is 0 Å². The summed E-state index contributed by atoms with van der Waals surface area (Å²) < 4.78 is 18.1. The lowest BCUT2D eigenvalue weighted by Crippen LogP contribution is -2.38. The van der Waals surface area contributed by atoms with Gasteiger partial charge in [-0.15, -0.1) is 0 Å². The summed E-state index contributed by atoms with van der Waals surface area (Å²) >= 11 is 0. The first-order valence-corrected chi connectivity index (χ1v) is 10.5. The van der Waals surface area contributed by atoms with Crippen molar-refractivity contribution in [2.75, 3.05) is 10.6 Å². The number of nitrogens with zero attached hydrogens (tertiary/aromatic N) is 5. The quantitative estimate of drug-likeness (QED) is 0.323. The molecule has 6 N–H and O–H groups in total. The molecule has 0 radical (unpaired) electrons. The van der Waals surface area contributed by atoms with E-state index in [4.69, 9.17) is 11.5 Å². The fraction of sp³-hybridized carbons (Fsp3) is 0.273. The molecule has 1 aromatic carbocycles. The van der Waals surface area contributed by atoms with Gasteiger partial charge in [0.1, 0.15) is 5.82 Å². The average molecular weight is 452 g/mol. The van der Waals surface area contributed by atoms with Gasteiger partial charge in [0.15, 0.2) is 17.5 Å². The van der Waals surface area contributed by atoms with E-state index in [0.29, 0.717) is 17.9 Å². The van der Waals surface area contributed by atoms with Crippen LogP contribution in [0, 0.1) is 5.82 Å². The topological polar surface area (TPSA) is 142 Å². The molecule has 0 aliphatic rings. The molecule has 4 rings (SSSR count). The second-order valence-electron chi connectivity index (χ2n) is 7.85. The first kappa shape index (κ1) is 22.2. The number of rotatable bonds is 8. The van der Waals surface area contributed by atoms with Crippen LogP contribution >= 0.6 is 0 Å². The van der Waals surface area contributed by atoms with Crippen LogP contribution in [-0.2, 0) is 7.05 Å². The molecular formula is C22H26FN9O. The number of anilines is 3. The zero-order chi connectivity index (χ0) is 23.7. The highest BCUT2D eigenvalue weighted by molar-refractivity contribution is 5.99. The third kappa shape index (κ3) is 4.35. The molecule has 0 bridgehead atoms. The Hall–Kier alpha value is -3.99. The van der Waals surface area contributed by atoms with Crippen LogP contribution in [-0.4, -0.2) is 42.5 Å². The fourth-order valence-corrected chi connectivity index (χ4v) is 3.68. The van der Waals surface area contributed by atoms with Crippen molar-refractivity contribution >= 4 is 34.1 Å². The van der Waals surface area contributed by atoms with Crippen molar-refractivity contribution < 1.29 is 9.18 Å².